The SMILES string of the molecule is COc1c(C)cnc(C[S+]([O-])c2nc3c(OC)cccc3n2CCl)c1C. The Morgan fingerprint density at radius 3 is 2.65 bits per heavy atom. The Morgan fingerprint density at radius 1 is 1.23 bits per heavy atom. The maximum Gasteiger partial charge on any atom is 0.325 e. The summed E-state index contributed by atoms with van der Waals surface area (Å²) in [5.74, 6) is 1.61. The number of nitrogens with zero attached hydrogens (tertiary/aromatic N) is 3. The van der Waals surface area contributed by atoms with Gasteiger partial charge >= 0.3 is 5.16 Å². The zero-order valence-corrected chi connectivity index (χ0v) is 16.6. The molecule has 2 aromatic heterocycles. The Hall–Kier alpha value is -1.96. The van der Waals surface area contributed by atoms with E-state index < -0.39 is 11.2 Å². The number of hydrogen-bond donors (Lipinski definition) is 0. The number of aryl methyl sites for hydroxylation is 1. The van der Waals surface area contributed by atoms with Crippen molar-refractivity contribution >= 4 is 33.8 Å². The van der Waals surface area contributed by atoms with Gasteiger partial charge in [0.05, 0.1) is 25.4 Å². The Labute approximate surface area is 160 Å². The third kappa shape index (κ3) is 3.22. The van der Waals surface area contributed by atoms with E-state index in [1.54, 1.807) is 25.0 Å². The number of halogens is 1. The number of para-hydroxylation sites is 1. The standard InChI is InChI=1S/C18H20ClN3O3S/c1-11-8-20-13(12(2)17(11)25-4)9-26(23)18-21-16-14(22(18)10-19)6-5-7-15(16)24-3/h5-8H,9-10H2,1-4H3. The summed E-state index contributed by atoms with van der Waals surface area (Å²) in [5.41, 5.74) is 3.97. The van der Waals surface area contributed by atoms with E-state index >= 15 is 0 Å². The molecule has 0 spiro atoms. The second-order valence-electron chi connectivity index (χ2n) is 5.81. The summed E-state index contributed by atoms with van der Waals surface area (Å²) in [6.07, 6.45) is 1.73. The number of alkyl halides is 1. The van der Waals surface area contributed by atoms with Crippen LogP contribution in [-0.2, 0) is 22.9 Å². The molecule has 1 aromatic carbocycles. The van der Waals surface area contributed by atoms with E-state index in [1.165, 1.54) is 0 Å². The molecule has 0 N–H and O–H groups in total. The number of aromatic nitrogens is 3. The van der Waals surface area contributed by atoms with Gasteiger partial charge in [0.15, 0.2) is 5.75 Å². The molecular weight excluding hydrogens is 374 g/mol. The van der Waals surface area contributed by atoms with E-state index in [1.807, 2.05) is 32.0 Å². The predicted octanol–water partition coefficient (Wildman–Crippen LogP) is 3.57. The van der Waals surface area contributed by atoms with Crippen LogP contribution < -0.4 is 9.47 Å². The predicted molar refractivity (Wildman–Crippen MR) is 103 cm³/mol. The Bertz CT molecular complexity index is 945. The topological polar surface area (TPSA) is 72.2 Å². The number of methoxy groups -OCH3 is 2. The molecule has 26 heavy (non-hydrogen) atoms. The minimum Gasteiger partial charge on any atom is -0.609 e. The lowest BCUT2D eigenvalue weighted by Gasteiger charge is -2.14. The average molecular weight is 394 g/mol. The van der Waals surface area contributed by atoms with Crippen LogP contribution in [0.2, 0.25) is 0 Å². The van der Waals surface area contributed by atoms with Gasteiger partial charge in [0.2, 0.25) is 0 Å². The van der Waals surface area contributed by atoms with Crippen molar-refractivity contribution in [2.45, 2.75) is 30.8 Å². The van der Waals surface area contributed by atoms with Crippen LogP contribution in [-0.4, -0.2) is 33.3 Å². The Kier molecular flexibility index (Phi) is 5.60. The molecule has 1 atom stereocenters. The molecule has 0 fully saturated rings. The quantitative estimate of drug-likeness (QED) is 0.473. The van der Waals surface area contributed by atoms with Gasteiger partial charge in [-0.1, -0.05) is 6.07 Å². The van der Waals surface area contributed by atoms with Gasteiger partial charge in [0.25, 0.3) is 0 Å². The minimum atomic E-state index is -1.42. The molecule has 8 heteroatoms. The molecule has 0 amide bonds. The number of hydrogen-bond acceptors (Lipinski definition) is 5. The summed E-state index contributed by atoms with van der Waals surface area (Å²) in [5, 5.41) is 0.403. The van der Waals surface area contributed by atoms with Crippen molar-refractivity contribution in [3.63, 3.8) is 0 Å². The van der Waals surface area contributed by atoms with Crippen molar-refractivity contribution < 1.29 is 14.0 Å². The second kappa shape index (κ2) is 7.73. The first-order valence-corrected chi connectivity index (χ1v) is 9.83. The molecule has 3 aromatic rings. The van der Waals surface area contributed by atoms with Gasteiger partial charge in [0.1, 0.15) is 23.0 Å². The first-order valence-electron chi connectivity index (χ1n) is 7.98. The van der Waals surface area contributed by atoms with Crippen molar-refractivity contribution in [1.82, 2.24) is 14.5 Å². The highest BCUT2D eigenvalue weighted by Crippen LogP contribution is 2.30. The van der Waals surface area contributed by atoms with Crippen molar-refractivity contribution in [1.29, 1.82) is 0 Å². The molecule has 2 heterocycles. The number of benzene rings is 1. The molecule has 0 saturated heterocycles. The van der Waals surface area contributed by atoms with Crippen molar-refractivity contribution in [3.05, 3.63) is 41.2 Å². The number of pyridine rings is 1. The second-order valence-corrected chi connectivity index (χ2v) is 7.39. The van der Waals surface area contributed by atoms with Crippen LogP contribution in [0.25, 0.3) is 11.0 Å². The summed E-state index contributed by atoms with van der Waals surface area (Å²) in [7, 11) is 3.20. The average Bonchev–Trinajstić information content (AvgIpc) is 3.03. The smallest absolute Gasteiger partial charge is 0.325 e. The highest BCUT2D eigenvalue weighted by atomic mass is 35.5. The van der Waals surface area contributed by atoms with E-state index in [-0.39, 0.29) is 11.8 Å². The molecular formula is C18H20ClN3O3S. The maximum atomic E-state index is 13.0. The highest BCUT2D eigenvalue weighted by molar-refractivity contribution is 7.90. The molecule has 0 aliphatic rings. The van der Waals surface area contributed by atoms with Gasteiger partial charge in [-0.25, -0.2) is 0 Å². The monoisotopic (exact) mass is 393 g/mol. The number of fused-ring (bicyclic) bond motifs is 1. The van der Waals surface area contributed by atoms with Crippen LogP contribution in [0.1, 0.15) is 16.8 Å². The van der Waals surface area contributed by atoms with Gasteiger partial charge in [0, 0.05) is 28.5 Å². The fraction of sp³-hybridized carbons (Fsp3) is 0.333. The zero-order chi connectivity index (χ0) is 18.8. The molecule has 0 bridgehead atoms. The normalized spacial score (nSPS) is 12.4. The third-order valence-electron chi connectivity index (χ3n) is 4.27. The van der Waals surface area contributed by atoms with Crippen LogP contribution in [0.15, 0.2) is 29.6 Å². The Morgan fingerprint density at radius 2 is 2.00 bits per heavy atom. The van der Waals surface area contributed by atoms with E-state index in [0.29, 0.717) is 22.1 Å². The Balaban J connectivity index is 2.02. The first-order chi connectivity index (χ1) is 12.5. The molecule has 3 rings (SSSR count). The maximum absolute atomic E-state index is 13.0. The number of ether oxygens (including phenoxy) is 2. The van der Waals surface area contributed by atoms with Gasteiger partial charge in [-0.3, -0.25) is 9.55 Å². The lowest BCUT2D eigenvalue weighted by atomic mass is 10.1. The molecule has 0 aliphatic carbocycles. The third-order valence-corrected chi connectivity index (χ3v) is 5.76. The van der Waals surface area contributed by atoms with Crippen molar-refractivity contribution in [2.24, 2.45) is 0 Å². The molecule has 6 nitrogen and oxygen atoms in total. The summed E-state index contributed by atoms with van der Waals surface area (Å²) < 4.78 is 25.6. The van der Waals surface area contributed by atoms with Crippen LogP contribution in [0.5, 0.6) is 11.5 Å². The van der Waals surface area contributed by atoms with Crippen LogP contribution in [0.4, 0.5) is 0 Å². The number of rotatable bonds is 6. The highest BCUT2D eigenvalue weighted by Gasteiger charge is 2.25. The van der Waals surface area contributed by atoms with E-state index in [2.05, 4.69) is 9.97 Å². The van der Waals surface area contributed by atoms with E-state index in [0.717, 1.165) is 22.4 Å². The van der Waals surface area contributed by atoms with Crippen LogP contribution in [0, 0.1) is 13.8 Å². The number of imidazole rings is 1. The van der Waals surface area contributed by atoms with E-state index in [4.69, 9.17) is 21.1 Å². The fourth-order valence-electron chi connectivity index (χ4n) is 2.96. The summed E-state index contributed by atoms with van der Waals surface area (Å²) in [6, 6.07) is 5.70. The first kappa shape index (κ1) is 18.8. The lowest BCUT2D eigenvalue weighted by molar-refractivity contribution is 0.407. The van der Waals surface area contributed by atoms with Crippen LogP contribution >= 0.6 is 11.6 Å². The van der Waals surface area contributed by atoms with Gasteiger partial charge in [-0.05, 0) is 26.0 Å². The molecule has 1 unspecified atom stereocenters. The molecule has 0 saturated carbocycles. The largest absolute Gasteiger partial charge is 0.609 e. The summed E-state index contributed by atoms with van der Waals surface area (Å²) in [4.78, 5) is 8.96. The van der Waals surface area contributed by atoms with Crippen molar-refractivity contribution in [3.8, 4) is 11.5 Å². The lowest BCUT2D eigenvalue weighted by Crippen LogP contribution is -2.14. The zero-order valence-electron chi connectivity index (χ0n) is 15.1. The fourth-order valence-corrected chi connectivity index (χ4v) is 4.54. The minimum absolute atomic E-state index is 0.147. The molecule has 0 radical (unpaired) electrons. The summed E-state index contributed by atoms with van der Waals surface area (Å²) >= 11 is 4.68. The molecule has 0 aliphatic heterocycles. The van der Waals surface area contributed by atoms with E-state index in [9.17, 15) is 4.55 Å². The van der Waals surface area contributed by atoms with Gasteiger partial charge < -0.3 is 14.0 Å². The summed E-state index contributed by atoms with van der Waals surface area (Å²) in [6.45, 7) is 3.84. The van der Waals surface area contributed by atoms with Gasteiger partial charge in [-0.2, -0.15) is 4.98 Å². The van der Waals surface area contributed by atoms with Gasteiger partial charge in [-0.15, -0.1) is 11.6 Å². The molecule has 138 valence electrons. The van der Waals surface area contributed by atoms with Crippen molar-refractivity contribution in [2.75, 3.05) is 14.2 Å². The van der Waals surface area contributed by atoms with Crippen LogP contribution in [0.3, 0.4) is 0 Å².